The Labute approximate surface area is 95.2 Å². The third-order valence-corrected chi connectivity index (χ3v) is 2.13. The van der Waals surface area contributed by atoms with Gasteiger partial charge in [0, 0.05) is 45.0 Å². The Morgan fingerprint density at radius 3 is 2.88 bits per heavy atom. The van der Waals surface area contributed by atoms with E-state index in [9.17, 15) is 4.39 Å². The van der Waals surface area contributed by atoms with Crippen molar-refractivity contribution >= 4 is 0 Å². The topological polar surface area (TPSA) is 46.2 Å². The molecule has 0 aliphatic carbocycles. The molecule has 0 radical (unpaired) electrons. The highest BCUT2D eigenvalue weighted by molar-refractivity contribution is 5.11. The Hall–Kier alpha value is -1.04. The van der Waals surface area contributed by atoms with Crippen molar-refractivity contribution in [2.24, 2.45) is 0 Å². The molecule has 0 unspecified atom stereocenters. The van der Waals surface area contributed by atoms with Gasteiger partial charge in [-0.05, 0) is 6.07 Å². The maximum absolute atomic E-state index is 13.1. The lowest BCUT2D eigenvalue weighted by molar-refractivity contribution is 0.199. The van der Waals surface area contributed by atoms with Gasteiger partial charge >= 0.3 is 0 Å². The van der Waals surface area contributed by atoms with Crippen molar-refractivity contribution in [1.29, 1.82) is 0 Å². The summed E-state index contributed by atoms with van der Waals surface area (Å²) < 4.78 is 18.0. The molecular formula is C11H18FN3O. The Bertz CT molecular complexity index is 296. The van der Waals surface area contributed by atoms with Crippen molar-refractivity contribution in [3.63, 3.8) is 0 Å². The summed E-state index contributed by atoms with van der Waals surface area (Å²) in [6, 6.07) is 1.68. The summed E-state index contributed by atoms with van der Waals surface area (Å²) in [5.41, 5.74) is 0.645. The zero-order chi connectivity index (χ0) is 11.6. The van der Waals surface area contributed by atoms with E-state index >= 15 is 0 Å². The average molecular weight is 227 g/mol. The van der Waals surface area contributed by atoms with E-state index in [4.69, 9.17) is 4.74 Å². The highest BCUT2D eigenvalue weighted by Gasteiger charge is 1.99. The molecule has 5 heteroatoms. The number of hydrogen-bond acceptors (Lipinski definition) is 4. The number of methoxy groups -OCH3 is 1. The van der Waals surface area contributed by atoms with Gasteiger partial charge < -0.3 is 15.4 Å². The van der Waals surface area contributed by atoms with Crippen LogP contribution in [-0.2, 0) is 11.3 Å². The van der Waals surface area contributed by atoms with Crippen LogP contribution in [0.2, 0.25) is 0 Å². The van der Waals surface area contributed by atoms with Crippen LogP contribution in [0.15, 0.2) is 18.5 Å². The minimum Gasteiger partial charge on any atom is -0.383 e. The third kappa shape index (κ3) is 5.16. The van der Waals surface area contributed by atoms with Crippen LogP contribution in [0, 0.1) is 5.82 Å². The van der Waals surface area contributed by atoms with Gasteiger partial charge in [0.2, 0.25) is 0 Å². The fourth-order valence-corrected chi connectivity index (χ4v) is 1.25. The molecule has 0 bridgehead atoms. The lowest BCUT2D eigenvalue weighted by atomic mass is 10.2. The van der Waals surface area contributed by atoms with Crippen molar-refractivity contribution in [1.82, 2.24) is 15.6 Å². The van der Waals surface area contributed by atoms with Gasteiger partial charge in [-0.1, -0.05) is 0 Å². The van der Waals surface area contributed by atoms with Gasteiger partial charge in [-0.15, -0.1) is 0 Å². The van der Waals surface area contributed by atoms with E-state index in [1.807, 2.05) is 0 Å². The summed E-state index contributed by atoms with van der Waals surface area (Å²) in [5, 5.41) is 6.34. The number of pyridine rings is 1. The van der Waals surface area contributed by atoms with Gasteiger partial charge in [0.05, 0.1) is 12.8 Å². The zero-order valence-corrected chi connectivity index (χ0v) is 9.50. The summed E-state index contributed by atoms with van der Waals surface area (Å²) >= 11 is 0. The minimum atomic E-state index is -0.262. The first-order chi connectivity index (χ1) is 7.84. The van der Waals surface area contributed by atoms with Gasteiger partial charge in [-0.2, -0.15) is 0 Å². The number of nitrogens with zero attached hydrogens (tertiary/aromatic N) is 1. The summed E-state index contributed by atoms with van der Waals surface area (Å²) in [6.07, 6.45) is 2.82. The molecule has 1 rings (SSSR count). The molecule has 0 aliphatic heterocycles. The quantitative estimate of drug-likeness (QED) is 0.637. The lowest BCUT2D eigenvalue weighted by Crippen LogP contribution is -2.29. The normalized spacial score (nSPS) is 10.6. The minimum absolute atomic E-state index is 0.262. The molecule has 1 aromatic rings. The molecule has 0 saturated heterocycles. The van der Waals surface area contributed by atoms with Crippen LogP contribution in [-0.4, -0.2) is 38.3 Å². The van der Waals surface area contributed by atoms with Crippen LogP contribution in [0.4, 0.5) is 4.39 Å². The van der Waals surface area contributed by atoms with E-state index in [1.54, 1.807) is 19.4 Å². The predicted molar refractivity (Wildman–Crippen MR) is 60.6 cm³/mol. The fourth-order valence-electron chi connectivity index (χ4n) is 1.25. The van der Waals surface area contributed by atoms with Crippen LogP contribution < -0.4 is 10.6 Å². The summed E-state index contributed by atoms with van der Waals surface area (Å²) in [7, 11) is 1.67. The van der Waals surface area contributed by atoms with Crippen LogP contribution in [0.3, 0.4) is 0 Å². The fraction of sp³-hybridized carbons (Fsp3) is 0.545. The second-order valence-corrected chi connectivity index (χ2v) is 3.39. The van der Waals surface area contributed by atoms with E-state index in [2.05, 4.69) is 15.6 Å². The number of aromatic nitrogens is 1. The van der Waals surface area contributed by atoms with E-state index in [1.165, 1.54) is 6.20 Å². The molecule has 0 aromatic carbocycles. The number of rotatable bonds is 8. The highest BCUT2D eigenvalue weighted by atomic mass is 19.1. The molecule has 0 atom stereocenters. The van der Waals surface area contributed by atoms with Crippen molar-refractivity contribution in [2.45, 2.75) is 6.54 Å². The number of halogens is 1. The first kappa shape index (κ1) is 13.0. The maximum Gasteiger partial charge on any atom is 0.145 e. The Morgan fingerprint density at radius 1 is 1.31 bits per heavy atom. The zero-order valence-electron chi connectivity index (χ0n) is 9.50. The standard InChI is InChI=1S/C11H18FN3O/c1-16-7-6-13-4-5-15-8-10-2-3-14-9-11(10)12/h2-3,9,13,15H,4-8H2,1H3. The largest absolute Gasteiger partial charge is 0.383 e. The smallest absolute Gasteiger partial charge is 0.145 e. The second-order valence-electron chi connectivity index (χ2n) is 3.39. The molecule has 2 N–H and O–H groups in total. The molecule has 1 aromatic heterocycles. The first-order valence-corrected chi connectivity index (χ1v) is 5.33. The Morgan fingerprint density at radius 2 is 2.12 bits per heavy atom. The molecule has 0 saturated carbocycles. The molecule has 0 amide bonds. The number of nitrogens with one attached hydrogen (secondary N) is 2. The molecule has 0 aliphatic rings. The molecular weight excluding hydrogens is 209 g/mol. The monoisotopic (exact) mass is 227 g/mol. The molecule has 16 heavy (non-hydrogen) atoms. The van der Waals surface area contributed by atoms with Crippen LogP contribution >= 0.6 is 0 Å². The van der Waals surface area contributed by atoms with Crippen LogP contribution in [0.1, 0.15) is 5.56 Å². The highest BCUT2D eigenvalue weighted by Crippen LogP contribution is 2.02. The lowest BCUT2D eigenvalue weighted by Gasteiger charge is -2.06. The molecule has 0 fully saturated rings. The van der Waals surface area contributed by atoms with Crippen molar-refractivity contribution in [3.05, 3.63) is 29.8 Å². The summed E-state index contributed by atoms with van der Waals surface area (Å²) in [6.45, 7) is 3.71. The summed E-state index contributed by atoms with van der Waals surface area (Å²) in [5.74, 6) is -0.262. The summed E-state index contributed by atoms with van der Waals surface area (Å²) in [4.78, 5) is 3.69. The Balaban J connectivity index is 2.05. The molecule has 4 nitrogen and oxygen atoms in total. The number of ether oxygens (including phenoxy) is 1. The third-order valence-electron chi connectivity index (χ3n) is 2.13. The predicted octanol–water partition coefficient (Wildman–Crippen LogP) is 0.546. The van der Waals surface area contributed by atoms with E-state index in [0.29, 0.717) is 18.7 Å². The second kappa shape index (κ2) is 8.15. The van der Waals surface area contributed by atoms with Crippen molar-refractivity contribution < 1.29 is 9.13 Å². The molecule has 90 valence electrons. The van der Waals surface area contributed by atoms with Gasteiger partial charge in [0.15, 0.2) is 0 Å². The maximum atomic E-state index is 13.1. The van der Waals surface area contributed by atoms with E-state index in [0.717, 1.165) is 19.6 Å². The first-order valence-electron chi connectivity index (χ1n) is 5.33. The van der Waals surface area contributed by atoms with Gasteiger partial charge in [0.25, 0.3) is 0 Å². The molecule has 0 spiro atoms. The van der Waals surface area contributed by atoms with Gasteiger partial charge in [0.1, 0.15) is 5.82 Å². The van der Waals surface area contributed by atoms with Crippen LogP contribution in [0.25, 0.3) is 0 Å². The molecule has 1 heterocycles. The van der Waals surface area contributed by atoms with E-state index in [-0.39, 0.29) is 5.82 Å². The van der Waals surface area contributed by atoms with Crippen molar-refractivity contribution in [2.75, 3.05) is 33.4 Å². The van der Waals surface area contributed by atoms with Crippen molar-refractivity contribution in [3.8, 4) is 0 Å². The average Bonchev–Trinajstić information content (AvgIpc) is 2.30. The van der Waals surface area contributed by atoms with Crippen LogP contribution in [0.5, 0.6) is 0 Å². The SMILES string of the molecule is COCCNCCNCc1ccncc1F. The van der Waals surface area contributed by atoms with E-state index < -0.39 is 0 Å². The van der Waals surface area contributed by atoms with Gasteiger partial charge in [-0.3, -0.25) is 4.98 Å². The number of hydrogen-bond donors (Lipinski definition) is 2. The Kier molecular flexibility index (Phi) is 6.64. The van der Waals surface area contributed by atoms with Gasteiger partial charge in [-0.25, -0.2) is 4.39 Å².